The van der Waals surface area contributed by atoms with Crippen molar-refractivity contribution in [2.24, 2.45) is 0 Å². The van der Waals surface area contributed by atoms with Crippen LogP contribution in [0, 0.1) is 0 Å². The number of nitrogens with zero attached hydrogens (tertiary/aromatic N) is 1. The van der Waals surface area contributed by atoms with Gasteiger partial charge in [-0.1, -0.05) is 0 Å². The Labute approximate surface area is 191 Å². The molecule has 3 rings (SSSR count). The first-order chi connectivity index (χ1) is 15.9. The van der Waals surface area contributed by atoms with Gasteiger partial charge in [-0.05, 0) is 37.3 Å². The van der Waals surface area contributed by atoms with Crippen LogP contribution in [0.2, 0.25) is 0 Å². The number of ether oxygens (including phenoxy) is 4. The number of rotatable bonds is 10. The van der Waals surface area contributed by atoms with Gasteiger partial charge < -0.3 is 18.9 Å². The van der Waals surface area contributed by atoms with E-state index in [9.17, 15) is 19.2 Å². The van der Waals surface area contributed by atoms with Gasteiger partial charge >= 0.3 is 5.97 Å². The molecule has 0 bridgehead atoms. The van der Waals surface area contributed by atoms with E-state index in [0.717, 1.165) is 0 Å². The summed E-state index contributed by atoms with van der Waals surface area (Å²) in [6.07, 6.45) is -0.0763. The molecule has 0 N–H and O–H groups in total. The number of hydrogen-bond acceptors (Lipinski definition) is 8. The SMILES string of the molecule is CCOC(=O)CCC(=O)c1ccc2c(c1)N(CC(=O)c1ccc(OC)cc1OC)C(=O)CO2. The largest absolute Gasteiger partial charge is 0.497 e. The number of hydrogen-bond donors (Lipinski definition) is 0. The van der Waals surface area contributed by atoms with Crippen LogP contribution in [0.25, 0.3) is 0 Å². The van der Waals surface area contributed by atoms with E-state index in [1.807, 2.05) is 0 Å². The number of methoxy groups -OCH3 is 2. The van der Waals surface area contributed by atoms with E-state index in [-0.39, 0.29) is 44.2 Å². The lowest BCUT2D eigenvalue weighted by Gasteiger charge is -2.29. The summed E-state index contributed by atoms with van der Waals surface area (Å²) in [7, 11) is 2.94. The molecule has 0 aliphatic carbocycles. The summed E-state index contributed by atoms with van der Waals surface area (Å²) in [6, 6.07) is 9.42. The first-order valence-electron chi connectivity index (χ1n) is 10.4. The fraction of sp³-hybridized carbons (Fsp3) is 0.333. The van der Waals surface area contributed by atoms with Gasteiger partial charge in [0, 0.05) is 18.1 Å². The van der Waals surface area contributed by atoms with Crippen LogP contribution in [-0.4, -0.2) is 57.4 Å². The molecule has 1 aliphatic heterocycles. The number of fused-ring (bicyclic) bond motifs is 1. The van der Waals surface area contributed by atoms with Crippen molar-refractivity contribution in [2.45, 2.75) is 19.8 Å². The zero-order valence-electron chi connectivity index (χ0n) is 18.7. The second-order valence-corrected chi connectivity index (χ2v) is 7.17. The summed E-state index contributed by atoms with van der Waals surface area (Å²) in [4.78, 5) is 51.0. The van der Waals surface area contributed by atoms with Gasteiger partial charge in [0.1, 0.15) is 17.2 Å². The Morgan fingerprint density at radius 2 is 1.79 bits per heavy atom. The molecular weight excluding hydrogens is 430 g/mol. The fourth-order valence-corrected chi connectivity index (χ4v) is 3.40. The summed E-state index contributed by atoms with van der Waals surface area (Å²) < 4.78 is 20.8. The maximum atomic E-state index is 13.0. The number of carbonyl (C=O) groups excluding carboxylic acids is 4. The molecule has 0 radical (unpaired) electrons. The van der Waals surface area contributed by atoms with Gasteiger partial charge in [-0.15, -0.1) is 0 Å². The van der Waals surface area contributed by atoms with Crippen LogP contribution < -0.4 is 19.1 Å². The van der Waals surface area contributed by atoms with Crippen LogP contribution >= 0.6 is 0 Å². The summed E-state index contributed by atoms with van der Waals surface area (Å²) >= 11 is 0. The molecule has 1 heterocycles. The van der Waals surface area contributed by atoms with E-state index >= 15 is 0 Å². The Kier molecular flexibility index (Phi) is 7.66. The number of amides is 1. The molecule has 2 aromatic carbocycles. The van der Waals surface area contributed by atoms with Gasteiger partial charge in [-0.3, -0.25) is 24.1 Å². The molecule has 0 aromatic heterocycles. The number of Topliss-reactive ketones (excluding diaryl/α,β-unsaturated/α-hetero) is 2. The Morgan fingerprint density at radius 1 is 1.00 bits per heavy atom. The molecule has 1 amide bonds. The highest BCUT2D eigenvalue weighted by Gasteiger charge is 2.29. The molecule has 33 heavy (non-hydrogen) atoms. The molecular formula is C24H25NO8. The Balaban J connectivity index is 1.83. The third kappa shape index (κ3) is 5.49. The highest BCUT2D eigenvalue weighted by molar-refractivity contribution is 6.09. The standard InChI is InChI=1S/C24H25NO8/c1-4-32-24(29)10-8-19(26)15-5-9-21-18(11-15)25(23(28)14-33-21)13-20(27)17-7-6-16(30-2)12-22(17)31-3/h5-7,9,11-12H,4,8,10,13-14H2,1-3H3. The predicted octanol–water partition coefficient (Wildman–Crippen LogP) is 2.84. The average molecular weight is 455 g/mol. The van der Waals surface area contributed by atoms with E-state index < -0.39 is 11.9 Å². The molecule has 0 atom stereocenters. The van der Waals surface area contributed by atoms with Gasteiger partial charge in [0.15, 0.2) is 18.2 Å². The van der Waals surface area contributed by atoms with Gasteiger partial charge in [-0.25, -0.2) is 0 Å². The van der Waals surface area contributed by atoms with Crippen molar-refractivity contribution >= 4 is 29.1 Å². The molecule has 0 spiro atoms. The lowest BCUT2D eigenvalue weighted by molar-refractivity contribution is -0.143. The second kappa shape index (κ2) is 10.6. The van der Waals surface area contributed by atoms with E-state index in [1.54, 1.807) is 37.3 Å². The summed E-state index contributed by atoms with van der Waals surface area (Å²) in [5.41, 5.74) is 0.908. The van der Waals surface area contributed by atoms with Crippen molar-refractivity contribution < 1.29 is 38.1 Å². The van der Waals surface area contributed by atoms with E-state index in [0.29, 0.717) is 34.1 Å². The summed E-state index contributed by atoms with van der Waals surface area (Å²) in [6.45, 7) is 1.44. The van der Waals surface area contributed by atoms with Crippen LogP contribution in [0.5, 0.6) is 17.2 Å². The Morgan fingerprint density at radius 3 is 2.48 bits per heavy atom. The molecule has 0 unspecified atom stereocenters. The highest BCUT2D eigenvalue weighted by atomic mass is 16.5. The van der Waals surface area contributed by atoms with Crippen LogP contribution in [0.4, 0.5) is 5.69 Å². The summed E-state index contributed by atoms with van der Waals surface area (Å²) in [5, 5.41) is 0. The summed E-state index contributed by atoms with van der Waals surface area (Å²) in [5.74, 6) is -0.277. The molecule has 0 fully saturated rings. The number of esters is 1. The molecule has 0 saturated heterocycles. The predicted molar refractivity (Wildman–Crippen MR) is 118 cm³/mol. The normalized spacial score (nSPS) is 12.5. The van der Waals surface area contributed by atoms with Gasteiger partial charge in [0.2, 0.25) is 0 Å². The van der Waals surface area contributed by atoms with Gasteiger partial charge in [0.25, 0.3) is 5.91 Å². The third-order valence-electron chi connectivity index (χ3n) is 5.10. The lowest BCUT2D eigenvalue weighted by atomic mass is 10.0. The molecule has 9 heteroatoms. The maximum absolute atomic E-state index is 13.0. The van der Waals surface area contributed by atoms with E-state index in [1.165, 1.54) is 25.2 Å². The lowest BCUT2D eigenvalue weighted by Crippen LogP contribution is -2.42. The Bertz CT molecular complexity index is 1080. The zero-order chi connectivity index (χ0) is 24.0. The van der Waals surface area contributed by atoms with Crippen LogP contribution in [0.1, 0.15) is 40.5 Å². The number of benzene rings is 2. The van der Waals surface area contributed by atoms with Crippen LogP contribution in [0.3, 0.4) is 0 Å². The van der Waals surface area contributed by atoms with Gasteiger partial charge in [0.05, 0.1) is 45.0 Å². The van der Waals surface area contributed by atoms with Crippen molar-refractivity contribution in [1.82, 2.24) is 0 Å². The third-order valence-corrected chi connectivity index (χ3v) is 5.10. The highest BCUT2D eigenvalue weighted by Crippen LogP contribution is 2.34. The minimum Gasteiger partial charge on any atom is -0.497 e. The smallest absolute Gasteiger partial charge is 0.306 e. The van der Waals surface area contributed by atoms with E-state index in [2.05, 4.69) is 0 Å². The minimum absolute atomic E-state index is 0.0333. The van der Waals surface area contributed by atoms with Crippen LogP contribution in [-0.2, 0) is 14.3 Å². The zero-order valence-corrected chi connectivity index (χ0v) is 18.7. The van der Waals surface area contributed by atoms with Crippen molar-refractivity contribution in [1.29, 1.82) is 0 Å². The van der Waals surface area contributed by atoms with Crippen molar-refractivity contribution in [3.8, 4) is 17.2 Å². The monoisotopic (exact) mass is 455 g/mol. The first kappa shape index (κ1) is 23.8. The Hall–Kier alpha value is -3.88. The second-order valence-electron chi connectivity index (χ2n) is 7.17. The minimum atomic E-state index is -0.456. The van der Waals surface area contributed by atoms with Crippen molar-refractivity contribution in [3.63, 3.8) is 0 Å². The fourth-order valence-electron chi connectivity index (χ4n) is 3.40. The number of ketones is 2. The molecule has 9 nitrogen and oxygen atoms in total. The van der Waals surface area contributed by atoms with Crippen molar-refractivity contribution in [3.05, 3.63) is 47.5 Å². The average Bonchev–Trinajstić information content (AvgIpc) is 2.83. The topological polar surface area (TPSA) is 108 Å². The maximum Gasteiger partial charge on any atom is 0.306 e. The quantitative estimate of drug-likeness (QED) is 0.398. The molecule has 174 valence electrons. The van der Waals surface area contributed by atoms with E-state index in [4.69, 9.17) is 18.9 Å². The van der Waals surface area contributed by atoms with Crippen LogP contribution in [0.15, 0.2) is 36.4 Å². The number of carbonyl (C=O) groups is 4. The molecule has 2 aromatic rings. The first-order valence-corrected chi connectivity index (χ1v) is 10.4. The number of anilines is 1. The molecule has 1 aliphatic rings. The molecule has 0 saturated carbocycles. The van der Waals surface area contributed by atoms with Crippen molar-refractivity contribution in [2.75, 3.05) is 38.9 Å². The van der Waals surface area contributed by atoms with Gasteiger partial charge in [-0.2, -0.15) is 0 Å².